The molecular formula is C22H28N2O5S. The summed E-state index contributed by atoms with van der Waals surface area (Å²) in [7, 11) is -3.61. The van der Waals surface area contributed by atoms with Gasteiger partial charge in [0, 0.05) is 24.3 Å². The van der Waals surface area contributed by atoms with Crippen molar-refractivity contribution in [3.05, 3.63) is 48.0 Å². The highest BCUT2D eigenvalue weighted by Crippen LogP contribution is 2.32. The number of hydrogen-bond acceptors (Lipinski definition) is 5. The van der Waals surface area contributed by atoms with Gasteiger partial charge in [0.25, 0.3) is 5.91 Å². The van der Waals surface area contributed by atoms with Gasteiger partial charge in [-0.15, -0.1) is 0 Å². The Labute approximate surface area is 178 Å². The number of benzene rings is 2. The lowest BCUT2D eigenvalue weighted by Crippen LogP contribution is -2.37. The molecule has 1 N–H and O–H groups in total. The van der Waals surface area contributed by atoms with Gasteiger partial charge in [-0.05, 0) is 54.3 Å². The lowest BCUT2D eigenvalue weighted by Gasteiger charge is -2.25. The fraction of sp³-hybridized carbons (Fsp3) is 0.409. The smallest absolute Gasteiger partial charge is 0.255 e. The van der Waals surface area contributed by atoms with E-state index in [0.29, 0.717) is 35.8 Å². The summed E-state index contributed by atoms with van der Waals surface area (Å²) >= 11 is 0. The minimum Gasteiger partial charge on any atom is -0.454 e. The van der Waals surface area contributed by atoms with E-state index in [1.54, 1.807) is 30.3 Å². The number of nitrogens with zero attached hydrogens (tertiary/aromatic N) is 1. The van der Waals surface area contributed by atoms with Crippen LogP contribution in [-0.4, -0.2) is 38.5 Å². The van der Waals surface area contributed by atoms with Crippen molar-refractivity contribution in [3.63, 3.8) is 0 Å². The van der Waals surface area contributed by atoms with Gasteiger partial charge in [0.2, 0.25) is 16.8 Å². The van der Waals surface area contributed by atoms with Crippen molar-refractivity contribution in [2.24, 2.45) is 11.8 Å². The van der Waals surface area contributed by atoms with Crippen molar-refractivity contribution in [2.45, 2.75) is 32.6 Å². The van der Waals surface area contributed by atoms with E-state index in [1.807, 2.05) is 27.7 Å². The van der Waals surface area contributed by atoms with Crippen molar-refractivity contribution in [1.82, 2.24) is 4.31 Å². The molecule has 0 aliphatic carbocycles. The summed E-state index contributed by atoms with van der Waals surface area (Å²) in [5, 5.41) is 2.78. The molecule has 7 nitrogen and oxygen atoms in total. The Hall–Kier alpha value is -2.58. The van der Waals surface area contributed by atoms with Crippen LogP contribution in [0.1, 0.15) is 38.1 Å². The van der Waals surface area contributed by atoms with Crippen molar-refractivity contribution < 1.29 is 22.7 Å². The number of nitrogens with one attached hydrogen (secondary N) is 1. The Morgan fingerprint density at radius 1 is 0.967 bits per heavy atom. The summed E-state index contributed by atoms with van der Waals surface area (Å²) in [4.78, 5) is 12.7. The average Bonchev–Trinajstić information content (AvgIpc) is 3.15. The lowest BCUT2D eigenvalue weighted by atomic mass is 10.2. The van der Waals surface area contributed by atoms with Gasteiger partial charge < -0.3 is 14.8 Å². The first kappa shape index (κ1) is 22.1. The van der Waals surface area contributed by atoms with Crippen LogP contribution in [0, 0.1) is 11.8 Å². The van der Waals surface area contributed by atoms with Gasteiger partial charge in [0.15, 0.2) is 11.5 Å². The first-order chi connectivity index (χ1) is 14.2. The quantitative estimate of drug-likeness (QED) is 0.682. The highest BCUT2D eigenvalue weighted by molar-refractivity contribution is 7.89. The van der Waals surface area contributed by atoms with E-state index in [-0.39, 0.29) is 29.4 Å². The molecule has 2 aromatic carbocycles. The molecular weight excluding hydrogens is 404 g/mol. The van der Waals surface area contributed by atoms with Crippen LogP contribution in [0.2, 0.25) is 0 Å². The van der Waals surface area contributed by atoms with E-state index in [4.69, 9.17) is 9.47 Å². The molecule has 1 amide bonds. The van der Waals surface area contributed by atoms with Crippen LogP contribution >= 0.6 is 0 Å². The zero-order chi connectivity index (χ0) is 21.9. The molecule has 3 rings (SSSR count). The molecule has 0 bridgehead atoms. The molecule has 0 saturated heterocycles. The Kier molecular flexibility index (Phi) is 6.67. The van der Waals surface area contributed by atoms with Crippen molar-refractivity contribution in [2.75, 3.05) is 25.2 Å². The van der Waals surface area contributed by atoms with Gasteiger partial charge in [-0.2, -0.15) is 4.31 Å². The molecule has 30 heavy (non-hydrogen) atoms. The number of rotatable bonds is 8. The van der Waals surface area contributed by atoms with Gasteiger partial charge in [0.1, 0.15) is 0 Å². The highest BCUT2D eigenvalue weighted by Gasteiger charge is 2.26. The molecule has 0 aromatic heterocycles. The Balaban J connectivity index is 1.74. The Bertz CT molecular complexity index is 991. The summed E-state index contributed by atoms with van der Waals surface area (Å²) in [6, 6.07) is 11.2. The minimum atomic E-state index is -3.61. The van der Waals surface area contributed by atoms with Crippen LogP contribution in [0.15, 0.2) is 47.4 Å². The lowest BCUT2D eigenvalue weighted by molar-refractivity contribution is 0.102. The third kappa shape index (κ3) is 5.12. The maximum atomic E-state index is 13.1. The molecule has 0 radical (unpaired) electrons. The van der Waals surface area contributed by atoms with Crippen LogP contribution in [-0.2, 0) is 10.0 Å². The molecule has 0 spiro atoms. The number of carbonyl (C=O) groups excluding carboxylic acids is 1. The van der Waals surface area contributed by atoms with E-state index >= 15 is 0 Å². The fourth-order valence-electron chi connectivity index (χ4n) is 3.19. The van der Waals surface area contributed by atoms with Gasteiger partial charge in [-0.3, -0.25) is 4.79 Å². The number of amides is 1. The number of hydrogen-bond donors (Lipinski definition) is 1. The monoisotopic (exact) mass is 432 g/mol. The molecule has 1 aliphatic heterocycles. The van der Waals surface area contributed by atoms with Crippen molar-refractivity contribution in [3.8, 4) is 11.5 Å². The summed E-state index contributed by atoms with van der Waals surface area (Å²) in [5.41, 5.74) is 0.937. The van der Waals surface area contributed by atoms with Crippen LogP contribution in [0.3, 0.4) is 0 Å². The summed E-state index contributed by atoms with van der Waals surface area (Å²) in [5.74, 6) is 1.26. The minimum absolute atomic E-state index is 0.140. The molecule has 1 aliphatic rings. The highest BCUT2D eigenvalue weighted by atomic mass is 32.2. The maximum Gasteiger partial charge on any atom is 0.255 e. The first-order valence-electron chi connectivity index (χ1n) is 9.98. The van der Waals surface area contributed by atoms with Gasteiger partial charge in [-0.25, -0.2) is 8.42 Å². The van der Waals surface area contributed by atoms with E-state index in [9.17, 15) is 13.2 Å². The second-order valence-electron chi connectivity index (χ2n) is 8.16. The molecule has 162 valence electrons. The average molecular weight is 433 g/mol. The number of anilines is 1. The van der Waals surface area contributed by atoms with E-state index in [2.05, 4.69) is 5.32 Å². The van der Waals surface area contributed by atoms with Gasteiger partial charge in [-0.1, -0.05) is 27.7 Å². The SMILES string of the molecule is CC(C)CN(CC(C)C)S(=O)(=O)c1ccc(NC(=O)c2ccc3c(c2)OCO3)cc1. The normalized spacial score (nSPS) is 13.3. The third-order valence-corrected chi connectivity index (χ3v) is 6.37. The predicted octanol–water partition coefficient (Wildman–Crippen LogP) is 3.97. The number of sulfonamides is 1. The second kappa shape index (κ2) is 9.06. The Morgan fingerprint density at radius 2 is 1.57 bits per heavy atom. The Morgan fingerprint density at radius 3 is 2.17 bits per heavy atom. The van der Waals surface area contributed by atoms with E-state index < -0.39 is 10.0 Å². The predicted molar refractivity (Wildman–Crippen MR) is 115 cm³/mol. The number of carbonyl (C=O) groups is 1. The van der Waals surface area contributed by atoms with Gasteiger partial charge >= 0.3 is 0 Å². The molecule has 2 aromatic rings. The second-order valence-corrected chi connectivity index (χ2v) is 10.1. The standard InChI is InChI=1S/C22H28N2O5S/c1-15(2)12-24(13-16(3)4)30(26,27)19-8-6-18(7-9-19)23-22(25)17-5-10-20-21(11-17)29-14-28-20/h5-11,15-16H,12-14H2,1-4H3,(H,23,25). The summed E-state index contributed by atoms with van der Waals surface area (Å²) in [6.07, 6.45) is 0. The van der Waals surface area contributed by atoms with E-state index in [0.717, 1.165) is 0 Å². The van der Waals surface area contributed by atoms with Crippen LogP contribution in [0.4, 0.5) is 5.69 Å². The summed E-state index contributed by atoms with van der Waals surface area (Å²) in [6.45, 7) is 9.05. The first-order valence-corrected chi connectivity index (χ1v) is 11.4. The van der Waals surface area contributed by atoms with Crippen LogP contribution < -0.4 is 14.8 Å². The zero-order valence-corrected chi connectivity index (χ0v) is 18.5. The number of ether oxygens (including phenoxy) is 2. The zero-order valence-electron chi connectivity index (χ0n) is 17.7. The maximum absolute atomic E-state index is 13.1. The third-order valence-electron chi connectivity index (χ3n) is 4.52. The molecule has 0 saturated carbocycles. The molecule has 0 unspecified atom stereocenters. The summed E-state index contributed by atoms with van der Waals surface area (Å²) < 4.78 is 38.2. The molecule has 1 heterocycles. The van der Waals surface area contributed by atoms with Crippen LogP contribution in [0.25, 0.3) is 0 Å². The number of fused-ring (bicyclic) bond motifs is 1. The fourth-order valence-corrected chi connectivity index (χ4v) is 4.95. The molecule has 8 heteroatoms. The molecule has 0 atom stereocenters. The van der Waals surface area contributed by atoms with Crippen molar-refractivity contribution in [1.29, 1.82) is 0 Å². The van der Waals surface area contributed by atoms with Gasteiger partial charge in [0.05, 0.1) is 4.90 Å². The molecule has 0 fully saturated rings. The van der Waals surface area contributed by atoms with Crippen molar-refractivity contribution >= 4 is 21.6 Å². The topological polar surface area (TPSA) is 84.9 Å². The van der Waals surface area contributed by atoms with E-state index in [1.165, 1.54) is 16.4 Å². The largest absolute Gasteiger partial charge is 0.454 e. The van der Waals surface area contributed by atoms with Crippen LogP contribution in [0.5, 0.6) is 11.5 Å².